The molecule has 4 aromatic rings. The second-order valence-electron chi connectivity index (χ2n) is 8.38. The molecule has 3 heterocycles. The highest BCUT2D eigenvalue weighted by Crippen LogP contribution is 2.39. The van der Waals surface area contributed by atoms with Crippen LogP contribution in [0.15, 0.2) is 60.9 Å². The van der Waals surface area contributed by atoms with E-state index in [4.69, 9.17) is 4.98 Å². The van der Waals surface area contributed by atoms with E-state index < -0.39 is 0 Å². The van der Waals surface area contributed by atoms with Gasteiger partial charge in [0.15, 0.2) is 5.82 Å². The lowest BCUT2D eigenvalue weighted by Crippen LogP contribution is -2.52. The number of hydrogen-bond acceptors (Lipinski definition) is 7. The summed E-state index contributed by atoms with van der Waals surface area (Å²) >= 11 is 0. The minimum atomic E-state index is -0.359. The van der Waals surface area contributed by atoms with E-state index in [9.17, 15) is 4.79 Å². The Kier molecular flexibility index (Phi) is 5.39. The van der Waals surface area contributed by atoms with Gasteiger partial charge in [0.05, 0.1) is 17.9 Å². The monoisotopic (exact) mass is 442 g/mol. The molecule has 9 nitrogen and oxygen atoms in total. The average Bonchev–Trinajstić information content (AvgIpc) is 3.28. The molecule has 1 aliphatic heterocycles. The summed E-state index contributed by atoms with van der Waals surface area (Å²) in [7, 11) is 4.04. The second-order valence-corrected chi connectivity index (χ2v) is 8.38. The van der Waals surface area contributed by atoms with E-state index in [0.29, 0.717) is 18.2 Å². The molecule has 1 amide bonds. The van der Waals surface area contributed by atoms with Crippen molar-refractivity contribution < 1.29 is 4.79 Å². The minimum absolute atomic E-state index is 0.00201. The molecule has 9 heteroatoms. The molecular weight excluding hydrogens is 416 g/mol. The number of nitrogens with one attached hydrogen (secondary N) is 2. The van der Waals surface area contributed by atoms with E-state index in [1.807, 2.05) is 69.6 Å². The number of fused-ring (bicyclic) bond motifs is 2. The number of carbonyl (C=O) groups excluding carboxylic acids is 1. The van der Waals surface area contributed by atoms with Gasteiger partial charge in [0.1, 0.15) is 11.7 Å². The van der Waals surface area contributed by atoms with Gasteiger partial charge in [0.2, 0.25) is 5.95 Å². The van der Waals surface area contributed by atoms with Gasteiger partial charge in [-0.3, -0.25) is 14.8 Å². The zero-order valence-corrected chi connectivity index (χ0v) is 18.9. The largest absolute Gasteiger partial charge is 0.342 e. The van der Waals surface area contributed by atoms with E-state index in [0.717, 1.165) is 34.6 Å². The van der Waals surface area contributed by atoms with Gasteiger partial charge in [-0.2, -0.15) is 10.1 Å². The number of anilines is 5. The van der Waals surface area contributed by atoms with Crippen molar-refractivity contribution in [3.05, 3.63) is 60.9 Å². The maximum atomic E-state index is 13.4. The fourth-order valence-electron chi connectivity index (χ4n) is 4.02. The maximum absolute atomic E-state index is 13.4. The van der Waals surface area contributed by atoms with Crippen LogP contribution in [0, 0.1) is 0 Å². The molecule has 168 valence electrons. The Morgan fingerprint density at radius 1 is 1.12 bits per heavy atom. The third-order valence-corrected chi connectivity index (χ3v) is 5.81. The Morgan fingerprint density at radius 2 is 1.94 bits per heavy atom. The predicted octanol–water partition coefficient (Wildman–Crippen LogP) is 3.53. The lowest BCUT2D eigenvalue weighted by Gasteiger charge is -2.40. The SMILES string of the molecule is C[C@@H]1C(=O)N(c2ccccc2)c2cnc(Nc3ccc4[nH]ncc4c3)nc2N1CCN(C)C. The molecule has 33 heavy (non-hydrogen) atoms. The highest BCUT2D eigenvalue weighted by atomic mass is 16.2. The molecule has 0 saturated heterocycles. The van der Waals surface area contributed by atoms with Crippen LogP contribution in [0.2, 0.25) is 0 Å². The Hall–Kier alpha value is -3.98. The standard InChI is InChI=1S/C24H26N8O/c1-16-23(33)32(19-7-5-4-6-8-19)21-15-25-24(28-22(21)31(16)12-11-30(2)3)27-18-9-10-20-17(13-18)14-26-29-20/h4-10,13-16H,11-12H2,1-3H3,(H,26,29)(H,25,27,28)/t16-/m1/s1. The summed E-state index contributed by atoms with van der Waals surface area (Å²) in [4.78, 5) is 28.7. The molecule has 0 spiro atoms. The fraction of sp³-hybridized carbons (Fsp3) is 0.250. The van der Waals surface area contributed by atoms with Crippen molar-refractivity contribution in [2.45, 2.75) is 13.0 Å². The van der Waals surface area contributed by atoms with E-state index in [1.165, 1.54) is 0 Å². The summed E-state index contributed by atoms with van der Waals surface area (Å²) in [6.45, 7) is 3.40. The van der Waals surface area contributed by atoms with Crippen LogP contribution in [0.5, 0.6) is 0 Å². The number of likely N-dealkylation sites (N-methyl/N-ethyl adjacent to an activating group) is 1. The smallest absolute Gasteiger partial charge is 0.254 e. The molecule has 2 N–H and O–H groups in total. The summed E-state index contributed by atoms with van der Waals surface area (Å²) in [5.74, 6) is 1.21. The van der Waals surface area contributed by atoms with E-state index in [1.54, 1.807) is 17.3 Å². The van der Waals surface area contributed by atoms with Gasteiger partial charge in [0.25, 0.3) is 5.91 Å². The number of benzene rings is 2. The summed E-state index contributed by atoms with van der Waals surface area (Å²) < 4.78 is 0. The number of amides is 1. The molecule has 0 fully saturated rings. The van der Waals surface area contributed by atoms with Crippen LogP contribution >= 0.6 is 0 Å². The topological polar surface area (TPSA) is 93.3 Å². The highest BCUT2D eigenvalue weighted by molar-refractivity contribution is 6.09. The van der Waals surface area contributed by atoms with E-state index >= 15 is 0 Å². The molecule has 0 aliphatic carbocycles. The second kappa shape index (κ2) is 8.51. The third-order valence-electron chi connectivity index (χ3n) is 5.81. The first kappa shape index (κ1) is 20.9. The van der Waals surface area contributed by atoms with Gasteiger partial charge in [-0.15, -0.1) is 0 Å². The van der Waals surface area contributed by atoms with Gasteiger partial charge in [-0.1, -0.05) is 18.2 Å². The summed E-state index contributed by atoms with van der Waals surface area (Å²) in [6.07, 6.45) is 3.50. The normalized spacial score (nSPS) is 15.9. The zero-order valence-electron chi connectivity index (χ0n) is 18.9. The van der Waals surface area contributed by atoms with Crippen molar-refractivity contribution in [2.24, 2.45) is 0 Å². The minimum Gasteiger partial charge on any atom is -0.342 e. The van der Waals surface area contributed by atoms with Crippen LogP contribution in [-0.4, -0.2) is 64.2 Å². The number of carbonyl (C=O) groups is 1. The number of aromatic amines is 1. The van der Waals surface area contributed by atoms with Crippen LogP contribution in [0.3, 0.4) is 0 Å². The van der Waals surface area contributed by atoms with Crippen LogP contribution in [0.25, 0.3) is 10.9 Å². The summed E-state index contributed by atoms with van der Waals surface area (Å²) in [5, 5.41) is 11.3. The number of nitrogens with zero attached hydrogens (tertiary/aromatic N) is 6. The molecule has 0 saturated carbocycles. The molecule has 0 radical (unpaired) electrons. The molecular formula is C24H26N8O. The van der Waals surface area contributed by atoms with Gasteiger partial charge >= 0.3 is 0 Å². The molecule has 1 aliphatic rings. The van der Waals surface area contributed by atoms with Crippen molar-refractivity contribution >= 4 is 45.6 Å². The van der Waals surface area contributed by atoms with Crippen molar-refractivity contribution in [3.63, 3.8) is 0 Å². The van der Waals surface area contributed by atoms with Gasteiger partial charge in [-0.25, -0.2) is 4.98 Å². The van der Waals surface area contributed by atoms with Gasteiger partial charge in [0, 0.05) is 29.9 Å². The lowest BCUT2D eigenvalue weighted by atomic mass is 10.1. The lowest BCUT2D eigenvalue weighted by molar-refractivity contribution is -0.119. The van der Waals surface area contributed by atoms with E-state index in [2.05, 4.69) is 30.3 Å². The van der Waals surface area contributed by atoms with Gasteiger partial charge < -0.3 is 15.1 Å². The number of hydrogen-bond donors (Lipinski definition) is 2. The van der Waals surface area contributed by atoms with Gasteiger partial charge in [-0.05, 0) is 51.4 Å². The Morgan fingerprint density at radius 3 is 2.73 bits per heavy atom. The molecule has 0 bridgehead atoms. The quantitative estimate of drug-likeness (QED) is 0.472. The van der Waals surface area contributed by atoms with Crippen molar-refractivity contribution in [3.8, 4) is 0 Å². The van der Waals surface area contributed by atoms with Crippen LogP contribution in [0.4, 0.5) is 28.8 Å². The predicted molar refractivity (Wildman–Crippen MR) is 130 cm³/mol. The van der Waals surface area contributed by atoms with Crippen LogP contribution in [-0.2, 0) is 4.79 Å². The number of rotatable bonds is 6. The first-order valence-electron chi connectivity index (χ1n) is 10.9. The van der Waals surface area contributed by atoms with Crippen LogP contribution < -0.4 is 15.1 Å². The number of para-hydroxylation sites is 1. The molecule has 5 rings (SSSR count). The summed E-state index contributed by atoms with van der Waals surface area (Å²) in [5.41, 5.74) is 3.31. The first-order valence-corrected chi connectivity index (χ1v) is 10.9. The zero-order chi connectivity index (χ0) is 22.9. The third kappa shape index (κ3) is 3.98. The van der Waals surface area contributed by atoms with Crippen molar-refractivity contribution in [1.82, 2.24) is 25.1 Å². The maximum Gasteiger partial charge on any atom is 0.254 e. The molecule has 1 atom stereocenters. The highest BCUT2D eigenvalue weighted by Gasteiger charge is 2.37. The molecule has 0 unspecified atom stereocenters. The Bertz CT molecular complexity index is 1290. The van der Waals surface area contributed by atoms with Crippen molar-refractivity contribution in [1.29, 1.82) is 0 Å². The number of H-pyrrole nitrogens is 1. The summed E-state index contributed by atoms with van der Waals surface area (Å²) in [6, 6.07) is 15.2. The first-order chi connectivity index (χ1) is 16.0. The van der Waals surface area contributed by atoms with Crippen LogP contribution in [0.1, 0.15) is 6.92 Å². The fourth-order valence-corrected chi connectivity index (χ4v) is 4.02. The molecule has 2 aromatic heterocycles. The van der Waals surface area contributed by atoms with Crippen molar-refractivity contribution in [2.75, 3.05) is 42.3 Å². The molecule has 2 aromatic carbocycles. The Balaban J connectivity index is 1.55. The average molecular weight is 443 g/mol. The Labute approximate surface area is 192 Å². The number of aromatic nitrogens is 4. The van der Waals surface area contributed by atoms with E-state index in [-0.39, 0.29) is 11.9 Å².